The lowest BCUT2D eigenvalue weighted by molar-refractivity contribution is -0.143. The number of nitrogens with one attached hydrogen (secondary N) is 3. The zero-order chi connectivity index (χ0) is 29.0. The van der Waals surface area contributed by atoms with E-state index in [0.29, 0.717) is 24.3 Å². The van der Waals surface area contributed by atoms with Crippen molar-refractivity contribution in [3.63, 3.8) is 0 Å². The van der Waals surface area contributed by atoms with Crippen molar-refractivity contribution < 1.29 is 28.6 Å². The van der Waals surface area contributed by atoms with Crippen molar-refractivity contribution in [3.8, 4) is 0 Å². The molecule has 3 aromatic rings. The van der Waals surface area contributed by atoms with Crippen LogP contribution in [0.15, 0.2) is 36.7 Å². The lowest BCUT2D eigenvalue weighted by Crippen LogP contribution is -2.33. The Morgan fingerprint density at radius 2 is 1.70 bits per heavy atom. The number of carbonyl (C=O) groups is 3. The molecule has 0 saturated carbocycles. The molecule has 0 aliphatic rings. The Labute approximate surface area is 233 Å². The number of benzene rings is 1. The minimum atomic E-state index is -0.702. The van der Waals surface area contributed by atoms with Gasteiger partial charge < -0.3 is 29.4 Å². The number of alkyl carbamates (subject to hydrolysis) is 1. The van der Waals surface area contributed by atoms with Gasteiger partial charge in [-0.15, -0.1) is 0 Å². The Morgan fingerprint density at radius 1 is 0.950 bits per heavy atom. The van der Waals surface area contributed by atoms with E-state index in [1.54, 1.807) is 6.92 Å². The third-order valence-corrected chi connectivity index (χ3v) is 5.31. The molecule has 0 fully saturated rings. The first-order chi connectivity index (χ1) is 19.1. The number of carbonyl (C=O) groups excluding carboxylic acids is 3. The van der Waals surface area contributed by atoms with E-state index in [9.17, 15) is 14.4 Å². The molecule has 2 heterocycles. The summed E-state index contributed by atoms with van der Waals surface area (Å²) >= 11 is 0. The smallest absolute Gasteiger partial charge is 0.413 e. The van der Waals surface area contributed by atoms with Gasteiger partial charge in [0.25, 0.3) is 0 Å². The largest absolute Gasteiger partial charge is 0.465 e. The van der Waals surface area contributed by atoms with Gasteiger partial charge in [-0.25, -0.2) is 14.6 Å². The van der Waals surface area contributed by atoms with Gasteiger partial charge >= 0.3 is 18.2 Å². The minimum Gasteiger partial charge on any atom is -0.465 e. The van der Waals surface area contributed by atoms with Crippen LogP contribution in [-0.4, -0.2) is 63.0 Å². The van der Waals surface area contributed by atoms with Crippen LogP contribution in [0.3, 0.4) is 0 Å². The van der Waals surface area contributed by atoms with Crippen molar-refractivity contribution in [2.75, 3.05) is 30.3 Å². The van der Waals surface area contributed by atoms with Gasteiger partial charge in [0.05, 0.1) is 12.9 Å². The van der Waals surface area contributed by atoms with E-state index in [4.69, 9.17) is 14.2 Å². The van der Waals surface area contributed by atoms with Gasteiger partial charge in [-0.1, -0.05) is 30.3 Å². The molecule has 0 aliphatic carbocycles. The summed E-state index contributed by atoms with van der Waals surface area (Å²) in [4.78, 5) is 49.6. The summed E-state index contributed by atoms with van der Waals surface area (Å²) in [7, 11) is 0. The number of anilines is 2. The van der Waals surface area contributed by atoms with Crippen LogP contribution in [0.4, 0.5) is 21.4 Å². The molecular weight excluding hydrogens is 518 g/mol. The Kier molecular flexibility index (Phi) is 11.0. The summed E-state index contributed by atoms with van der Waals surface area (Å²) < 4.78 is 17.1. The first-order valence-corrected chi connectivity index (χ1v) is 13.2. The second-order valence-electron chi connectivity index (χ2n) is 9.85. The van der Waals surface area contributed by atoms with Crippen LogP contribution in [0, 0.1) is 0 Å². The topological polar surface area (TPSA) is 159 Å². The summed E-state index contributed by atoms with van der Waals surface area (Å²) in [6, 6.07) is 9.29. The molecule has 216 valence electrons. The van der Waals surface area contributed by atoms with E-state index < -0.39 is 23.8 Å². The molecule has 3 N–H and O–H groups in total. The van der Waals surface area contributed by atoms with E-state index in [2.05, 4.69) is 30.9 Å². The second-order valence-corrected chi connectivity index (χ2v) is 9.85. The highest BCUT2D eigenvalue weighted by Gasteiger charge is 2.18. The first-order valence-electron chi connectivity index (χ1n) is 13.2. The number of hydrogen-bond acceptors (Lipinski definition) is 10. The summed E-state index contributed by atoms with van der Waals surface area (Å²) in [5, 5.41) is 8.52. The predicted octanol–water partition coefficient (Wildman–Crippen LogP) is 4.25. The molecule has 0 atom stereocenters. The Bertz CT molecular complexity index is 1270. The summed E-state index contributed by atoms with van der Waals surface area (Å²) in [5.74, 6) is -0.0372. The fourth-order valence-corrected chi connectivity index (χ4v) is 3.56. The number of aromatic nitrogens is 4. The van der Waals surface area contributed by atoms with Crippen LogP contribution < -0.4 is 16.0 Å². The number of imidazole rings is 1. The van der Waals surface area contributed by atoms with Gasteiger partial charge in [0.1, 0.15) is 18.8 Å². The van der Waals surface area contributed by atoms with E-state index in [-0.39, 0.29) is 31.5 Å². The predicted molar refractivity (Wildman–Crippen MR) is 149 cm³/mol. The molecule has 0 spiro atoms. The van der Waals surface area contributed by atoms with Crippen LogP contribution in [0.1, 0.15) is 52.5 Å². The van der Waals surface area contributed by atoms with Crippen LogP contribution >= 0.6 is 0 Å². The Balaban J connectivity index is 1.61. The number of amides is 2. The van der Waals surface area contributed by atoms with E-state index in [1.165, 1.54) is 10.9 Å². The van der Waals surface area contributed by atoms with E-state index in [1.807, 2.05) is 51.1 Å². The average Bonchev–Trinajstić information content (AvgIpc) is 3.29. The quantitative estimate of drug-likeness (QED) is 0.158. The summed E-state index contributed by atoms with van der Waals surface area (Å²) in [6.45, 7) is 8.47. The molecule has 0 unspecified atom stereocenters. The minimum absolute atomic E-state index is 0.0894. The molecule has 1 aromatic carbocycles. The molecule has 0 radical (unpaired) electrons. The maximum absolute atomic E-state index is 12.5. The number of ether oxygens (including phenoxy) is 3. The van der Waals surface area contributed by atoms with E-state index in [0.717, 1.165) is 24.8 Å². The highest BCUT2D eigenvalue weighted by atomic mass is 16.6. The molecule has 3 rings (SSSR count). The van der Waals surface area contributed by atoms with Gasteiger partial charge in [0, 0.05) is 13.1 Å². The molecule has 40 heavy (non-hydrogen) atoms. The third kappa shape index (κ3) is 10.0. The van der Waals surface area contributed by atoms with E-state index >= 15 is 0 Å². The molecule has 13 nitrogen and oxygen atoms in total. The van der Waals surface area contributed by atoms with Crippen molar-refractivity contribution in [3.05, 3.63) is 42.2 Å². The summed E-state index contributed by atoms with van der Waals surface area (Å²) in [6.07, 6.45) is 2.69. The number of nitrogens with zero attached hydrogens (tertiary/aromatic N) is 4. The van der Waals surface area contributed by atoms with Gasteiger partial charge in [-0.3, -0.25) is 10.1 Å². The van der Waals surface area contributed by atoms with Crippen molar-refractivity contribution in [2.24, 2.45) is 0 Å². The van der Waals surface area contributed by atoms with Gasteiger partial charge in [-0.05, 0) is 52.5 Å². The zero-order valence-electron chi connectivity index (χ0n) is 23.4. The number of rotatable bonds is 13. The molecular formula is C27H37N7O6. The van der Waals surface area contributed by atoms with Gasteiger partial charge in [0.2, 0.25) is 5.95 Å². The maximum atomic E-state index is 12.5. The van der Waals surface area contributed by atoms with Crippen molar-refractivity contribution in [2.45, 2.75) is 65.7 Å². The summed E-state index contributed by atoms with van der Waals surface area (Å²) in [5.41, 5.74) is 0.964. The molecule has 2 aromatic heterocycles. The van der Waals surface area contributed by atoms with Crippen molar-refractivity contribution >= 4 is 41.1 Å². The molecule has 2 amide bonds. The number of unbranched alkanes of at least 4 members (excludes halogenated alkanes) is 2. The number of fused-ring (bicyclic) bond motifs is 1. The zero-order valence-corrected chi connectivity index (χ0v) is 23.4. The second kappa shape index (κ2) is 14.7. The average molecular weight is 556 g/mol. The van der Waals surface area contributed by atoms with Gasteiger partial charge in [-0.2, -0.15) is 9.97 Å². The van der Waals surface area contributed by atoms with Crippen LogP contribution in [0.2, 0.25) is 0 Å². The monoisotopic (exact) mass is 555 g/mol. The van der Waals surface area contributed by atoms with Gasteiger partial charge in [0.15, 0.2) is 17.0 Å². The highest BCUT2D eigenvalue weighted by Crippen LogP contribution is 2.21. The SMILES string of the molecule is CCOC(=O)Cn1cnc2c(NC(=O)OCc3ccccc3)nc(NCCCCCNC(=O)OC(C)(C)C)nc21. The van der Waals surface area contributed by atoms with Crippen LogP contribution in [0.5, 0.6) is 0 Å². The molecule has 0 aliphatic heterocycles. The fourth-order valence-electron chi connectivity index (χ4n) is 3.56. The fraction of sp³-hybridized carbons (Fsp3) is 0.481. The third-order valence-electron chi connectivity index (χ3n) is 5.31. The molecule has 0 bridgehead atoms. The Hall–Kier alpha value is -4.42. The van der Waals surface area contributed by atoms with Crippen molar-refractivity contribution in [1.82, 2.24) is 24.8 Å². The highest BCUT2D eigenvalue weighted by molar-refractivity contribution is 5.94. The first kappa shape index (κ1) is 30.1. The normalized spacial score (nSPS) is 11.1. The maximum Gasteiger partial charge on any atom is 0.413 e. The molecule has 13 heteroatoms. The lowest BCUT2D eigenvalue weighted by atomic mass is 10.2. The number of hydrogen-bond donors (Lipinski definition) is 3. The lowest BCUT2D eigenvalue weighted by Gasteiger charge is -2.19. The van der Waals surface area contributed by atoms with Crippen LogP contribution in [-0.2, 0) is 32.2 Å². The van der Waals surface area contributed by atoms with Crippen LogP contribution in [0.25, 0.3) is 11.2 Å². The standard InChI is InChI=1S/C27H37N7O6/c1-5-38-20(35)16-34-18-30-21-22(32-26(37)39-17-19-12-8-6-9-13-19)31-24(33-23(21)34)28-14-10-7-11-15-29-25(36)40-27(2,3)4/h6,8-9,12-13,18H,5,7,10-11,14-17H2,1-4H3,(H,29,36)(H2,28,31,32,33,37). The Morgan fingerprint density at radius 3 is 2.42 bits per heavy atom. The molecule has 0 saturated heterocycles. The van der Waals surface area contributed by atoms with Crippen molar-refractivity contribution in [1.29, 1.82) is 0 Å². The number of esters is 1.